The number of benzene rings is 2. The van der Waals surface area contributed by atoms with E-state index in [-0.39, 0.29) is 3.41 Å². The first-order valence-corrected chi connectivity index (χ1v) is 10.6. The van der Waals surface area contributed by atoms with Gasteiger partial charge in [0.1, 0.15) is 3.41 Å². The molecule has 0 radical (unpaired) electrons. The summed E-state index contributed by atoms with van der Waals surface area (Å²) in [6.07, 6.45) is 0.852. The van der Waals surface area contributed by atoms with Gasteiger partial charge in [-0.3, -0.25) is 4.21 Å². The number of allylic oxidation sites excluding steroid dienone is 1. The number of rotatable bonds is 4. The molecule has 0 aromatic heterocycles. The van der Waals surface area contributed by atoms with E-state index < -0.39 is 10.8 Å². The quantitative estimate of drug-likeness (QED) is 0.513. The van der Waals surface area contributed by atoms with E-state index in [1.807, 2.05) is 36.4 Å². The standard InChI is InChI=1S/C19H20OS3/c1-15-13-19(23(20)14-16(15)2,21-17-9-5-3-6-10-17)22-18-11-7-4-8-12-18/h3-12H,13-14H2,1-2H3. The first-order valence-electron chi connectivity index (χ1n) is 7.61. The van der Waals surface area contributed by atoms with Crippen molar-refractivity contribution in [3.05, 3.63) is 71.8 Å². The van der Waals surface area contributed by atoms with E-state index in [0.717, 1.165) is 6.42 Å². The summed E-state index contributed by atoms with van der Waals surface area (Å²) in [4.78, 5) is 2.35. The Kier molecular flexibility index (Phi) is 5.34. The number of thioether (sulfide) groups is 2. The summed E-state index contributed by atoms with van der Waals surface area (Å²) in [5, 5.41) is 0. The summed E-state index contributed by atoms with van der Waals surface area (Å²) in [5.74, 6) is 0.672. The first-order chi connectivity index (χ1) is 11.1. The van der Waals surface area contributed by atoms with Crippen molar-refractivity contribution in [2.24, 2.45) is 0 Å². The van der Waals surface area contributed by atoms with Gasteiger partial charge in [0.05, 0.1) is 10.8 Å². The molecule has 2 aromatic rings. The van der Waals surface area contributed by atoms with Gasteiger partial charge in [-0.1, -0.05) is 71.1 Å². The molecule has 1 atom stereocenters. The van der Waals surface area contributed by atoms with E-state index >= 15 is 0 Å². The van der Waals surface area contributed by atoms with Crippen LogP contribution in [-0.4, -0.2) is 13.4 Å². The Bertz CT molecular complexity index is 681. The van der Waals surface area contributed by atoms with Gasteiger partial charge >= 0.3 is 0 Å². The molecule has 0 saturated carbocycles. The minimum atomic E-state index is -0.920. The summed E-state index contributed by atoms with van der Waals surface area (Å²) in [6, 6.07) is 20.6. The third-order valence-corrected chi connectivity index (χ3v) is 9.51. The monoisotopic (exact) mass is 360 g/mol. The molecule has 1 heterocycles. The van der Waals surface area contributed by atoms with E-state index in [1.165, 1.54) is 20.9 Å². The summed E-state index contributed by atoms with van der Waals surface area (Å²) in [5.41, 5.74) is 2.65. The lowest BCUT2D eigenvalue weighted by Crippen LogP contribution is -2.33. The van der Waals surface area contributed by atoms with Crippen LogP contribution in [-0.2, 0) is 10.8 Å². The van der Waals surface area contributed by atoms with Crippen LogP contribution < -0.4 is 0 Å². The highest BCUT2D eigenvalue weighted by molar-refractivity contribution is 8.30. The van der Waals surface area contributed by atoms with Crippen LogP contribution in [0.1, 0.15) is 20.3 Å². The predicted molar refractivity (Wildman–Crippen MR) is 103 cm³/mol. The largest absolute Gasteiger partial charge is 0.257 e. The molecular weight excluding hydrogens is 340 g/mol. The third kappa shape index (κ3) is 3.93. The second kappa shape index (κ2) is 7.29. The molecule has 1 nitrogen and oxygen atoms in total. The van der Waals surface area contributed by atoms with Gasteiger partial charge in [0.25, 0.3) is 0 Å². The van der Waals surface area contributed by atoms with Crippen LogP contribution in [0.25, 0.3) is 0 Å². The lowest BCUT2D eigenvalue weighted by atomic mass is 10.1. The topological polar surface area (TPSA) is 17.1 Å². The molecule has 0 bridgehead atoms. The Labute approximate surface area is 149 Å². The molecular formula is C19H20OS3. The van der Waals surface area contributed by atoms with Crippen LogP contribution in [0.15, 0.2) is 81.6 Å². The molecule has 0 aliphatic carbocycles. The molecule has 120 valence electrons. The van der Waals surface area contributed by atoms with Gasteiger partial charge in [0, 0.05) is 22.0 Å². The minimum absolute atomic E-state index is 0.355. The van der Waals surface area contributed by atoms with E-state index in [2.05, 4.69) is 38.1 Å². The van der Waals surface area contributed by atoms with Crippen LogP contribution in [0.3, 0.4) is 0 Å². The normalized spacial score (nSPS) is 20.5. The zero-order chi connectivity index (χ0) is 16.3. The highest BCUT2D eigenvalue weighted by atomic mass is 32.3. The van der Waals surface area contributed by atoms with Crippen molar-refractivity contribution < 1.29 is 4.21 Å². The van der Waals surface area contributed by atoms with Crippen molar-refractivity contribution in [3.8, 4) is 0 Å². The smallest absolute Gasteiger partial charge is 0.149 e. The Hall–Kier alpha value is -0.970. The molecule has 1 aliphatic rings. The first kappa shape index (κ1) is 16.9. The van der Waals surface area contributed by atoms with Crippen LogP contribution in [0.2, 0.25) is 0 Å². The Morgan fingerprint density at radius 3 is 1.78 bits per heavy atom. The van der Waals surface area contributed by atoms with E-state index in [0.29, 0.717) is 5.75 Å². The van der Waals surface area contributed by atoms with Crippen molar-refractivity contribution >= 4 is 34.3 Å². The lowest BCUT2D eigenvalue weighted by molar-refractivity contribution is 0.675. The van der Waals surface area contributed by atoms with Crippen LogP contribution >= 0.6 is 23.5 Å². The van der Waals surface area contributed by atoms with Gasteiger partial charge in [-0.05, 0) is 38.1 Å². The zero-order valence-corrected chi connectivity index (χ0v) is 15.8. The summed E-state index contributed by atoms with van der Waals surface area (Å²) >= 11 is 3.50. The molecule has 3 rings (SSSR count). The lowest BCUT2D eigenvalue weighted by Gasteiger charge is -2.36. The average Bonchev–Trinajstić information content (AvgIpc) is 2.55. The van der Waals surface area contributed by atoms with Gasteiger partial charge in [-0.2, -0.15) is 0 Å². The van der Waals surface area contributed by atoms with Crippen molar-refractivity contribution in [2.75, 3.05) is 5.75 Å². The molecule has 0 spiro atoms. The van der Waals surface area contributed by atoms with Crippen molar-refractivity contribution in [2.45, 2.75) is 33.5 Å². The summed E-state index contributed by atoms with van der Waals surface area (Å²) in [7, 11) is -0.920. The molecule has 1 aliphatic heterocycles. The Morgan fingerprint density at radius 1 is 0.826 bits per heavy atom. The van der Waals surface area contributed by atoms with Crippen molar-refractivity contribution in [3.63, 3.8) is 0 Å². The van der Waals surface area contributed by atoms with Crippen molar-refractivity contribution in [1.82, 2.24) is 0 Å². The van der Waals surface area contributed by atoms with Gasteiger partial charge in [-0.25, -0.2) is 0 Å². The summed E-state index contributed by atoms with van der Waals surface area (Å²) in [6.45, 7) is 4.29. The minimum Gasteiger partial charge on any atom is -0.257 e. The van der Waals surface area contributed by atoms with Gasteiger partial charge in [0.15, 0.2) is 0 Å². The van der Waals surface area contributed by atoms with E-state index in [9.17, 15) is 4.21 Å². The second-order valence-corrected chi connectivity index (χ2v) is 10.9. The fraction of sp³-hybridized carbons (Fsp3) is 0.263. The molecule has 0 amide bonds. The number of hydrogen-bond donors (Lipinski definition) is 0. The maximum Gasteiger partial charge on any atom is 0.149 e. The van der Waals surface area contributed by atoms with E-state index in [1.54, 1.807) is 23.5 Å². The average molecular weight is 361 g/mol. The highest BCUT2D eigenvalue weighted by Crippen LogP contribution is 2.53. The highest BCUT2D eigenvalue weighted by Gasteiger charge is 2.42. The third-order valence-electron chi connectivity index (χ3n) is 3.94. The van der Waals surface area contributed by atoms with Crippen molar-refractivity contribution in [1.29, 1.82) is 0 Å². The Morgan fingerprint density at radius 2 is 1.30 bits per heavy atom. The van der Waals surface area contributed by atoms with Crippen LogP contribution in [0.5, 0.6) is 0 Å². The van der Waals surface area contributed by atoms with Crippen LogP contribution in [0, 0.1) is 0 Å². The maximum atomic E-state index is 13.1. The maximum absolute atomic E-state index is 13.1. The second-order valence-electron chi connectivity index (χ2n) is 5.74. The predicted octanol–water partition coefficient (Wildman–Crippen LogP) is 5.71. The van der Waals surface area contributed by atoms with Crippen LogP contribution in [0.4, 0.5) is 0 Å². The molecule has 23 heavy (non-hydrogen) atoms. The molecule has 0 N–H and O–H groups in total. The zero-order valence-electron chi connectivity index (χ0n) is 13.3. The fourth-order valence-electron chi connectivity index (χ4n) is 2.51. The number of hydrogen-bond acceptors (Lipinski definition) is 3. The van der Waals surface area contributed by atoms with E-state index in [4.69, 9.17) is 0 Å². The van der Waals surface area contributed by atoms with Gasteiger partial charge < -0.3 is 0 Å². The Balaban J connectivity index is 1.98. The summed E-state index contributed by atoms with van der Waals surface area (Å²) < 4.78 is 12.8. The fourth-order valence-corrected chi connectivity index (χ4v) is 8.05. The van der Waals surface area contributed by atoms with Gasteiger partial charge in [0.2, 0.25) is 0 Å². The molecule has 4 heteroatoms. The van der Waals surface area contributed by atoms with Gasteiger partial charge in [-0.15, -0.1) is 0 Å². The molecule has 0 saturated heterocycles. The molecule has 1 unspecified atom stereocenters. The molecule has 2 aromatic carbocycles. The SMILES string of the molecule is CC1=C(C)CC(Sc2ccccc2)(Sc2ccccc2)S(=O)C1. The molecule has 0 fully saturated rings.